The molecule has 0 radical (unpaired) electrons. The van der Waals surface area contributed by atoms with Gasteiger partial charge in [-0.3, -0.25) is 9.59 Å². The first-order chi connectivity index (χ1) is 21.8. The average Bonchev–Trinajstić information content (AvgIpc) is 3.05. The van der Waals surface area contributed by atoms with E-state index in [0.717, 1.165) is 36.3 Å². The monoisotopic (exact) mass is 639 g/mol. The zero-order chi connectivity index (χ0) is 32.0. The van der Waals surface area contributed by atoms with Crippen LogP contribution in [0.4, 0.5) is 4.79 Å². The molecule has 1 saturated carbocycles. The summed E-state index contributed by atoms with van der Waals surface area (Å²) in [4.78, 5) is 45.8. The number of pyridine rings is 1. The molecule has 3 amide bonds. The van der Waals surface area contributed by atoms with Gasteiger partial charge in [-0.15, -0.1) is 11.8 Å². The Morgan fingerprint density at radius 3 is 2.40 bits per heavy atom. The van der Waals surface area contributed by atoms with Crippen molar-refractivity contribution in [3.8, 4) is 0 Å². The molecular formula is C34H49N5O5S. The second kappa shape index (κ2) is 18.1. The number of aliphatic hydroxyl groups excluding tert-OH is 1. The van der Waals surface area contributed by atoms with Crippen LogP contribution in [0.25, 0.3) is 0 Å². The lowest BCUT2D eigenvalue weighted by Gasteiger charge is -2.32. The number of hydrogen-bond donors (Lipinski definition) is 4. The molecule has 1 aliphatic heterocycles. The summed E-state index contributed by atoms with van der Waals surface area (Å²) in [6.07, 6.45) is 7.77. The number of aromatic nitrogens is 1. The summed E-state index contributed by atoms with van der Waals surface area (Å²) in [5.74, 6) is 0.179. The van der Waals surface area contributed by atoms with Gasteiger partial charge in [-0.05, 0) is 56.2 Å². The molecule has 0 bridgehead atoms. The van der Waals surface area contributed by atoms with E-state index >= 15 is 0 Å². The maximum absolute atomic E-state index is 13.5. The van der Waals surface area contributed by atoms with Crippen LogP contribution in [0.3, 0.4) is 0 Å². The van der Waals surface area contributed by atoms with Gasteiger partial charge in [-0.25, -0.2) is 9.78 Å². The van der Waals surface area contributed by atoms with Gasteiger partial charge in [-0.2, -0.15) is 0 Å². The molecule has 10 nitrogen and oxygen atoms in total. The van der Waals surface area contributed by atoms with Crippen LogP contribution < -0.4 is 16.4 Å². The molecule has 1 aromatic heterocycles. The second-order valence-corrected chi connectivity index (χ2v) is 13.5. The number of nitrogens with two attached hydrogens (primary N) is 1. The number of thioether (sulfide) groups is 1. The number of likely N-dealkylation sites (tertiary alicyclic amines) is 1. The highest BCUT2D eigenvalue weighted by Gasteiger charge is 2.32. The van der Waals surface area contributed by atoms with Crippen molar-refractivity contribution in [3.63, 3.8) is 0 Å². The summed E-state index contributed by atoms with van der Waals surface area (Å²) in [5, 5.41) is 17.9. The van der Waals surface area contributed by atoms with Crippen molar-refractivity contribution in [2.75, 3.05) is 18.8 Å². The Morgan fingerprint density at radius 2 is 1.71 bits per heavy atom. The topological polar surface area (TPSA) is 147 Å². The minimum atomic E-state index is -1.11. The van der Waals surface area contributed by atoms with Crippen molar-refractivity contribution >= 4 is 29.7 Å². The number of hydrogen-bond acceptors (Lipinski definition) is 8. The summed E-state index contributed by atoms with van der Waals surface area (Å²) >= 11 is 1.57. The molecule has 2 fully saturated rings. The van der Waals surface area contributed by atoms with Crippen molar-refractivity contribution in [2.24, 2.45) is 11.7 Å². The van der Waals surface area contributed by atoms with Crippen molar-refractivity contribution in [1.29, 1.82) is 0 Å². The standard InChI is InChI=1S/C34H49N5O5S/c1-24(37-33(42)30(23-26-12-6-3-7-13-26)44-34(43)39-19-15-27(35)16-20-39)32(41)38-28(22-25-10-4-2-5-11-25)29(40)17-21-45-31-14-8-9-18-36-31/h3,6-9,12-14,18,24-25,27-30,40H,2,4-5,10-11,15-17,19-23,35H2,1H3,(H,37,42)(H,38,41)/t24-,28-,29-,30-/m0/s1. The Balaban J connectivity index is 1.36. The van der Waals surface area contributed by atoms with Gasteiger partial charge in [0.25, 0.3) is 5.91 Å². The van der Waals surface area contributed by atoms with Gasteiger partial charge in [0.2, 0.25) is 5.91 Å². The van der Waals surface area contributed by atoms with Crippen molar-refractivity contribution in [2.45, 2.75) is 106 Å². The van der Waals surface area contributed by atoms with E-state index in [1.54, 1.807) is 29.8 Å². The molecule has 246 valence electrons. The molecule has 0 spiro atoms. The number of amides is 3. The van der Waals surface area contributed by atoms with Gasteiger partial charge in [0.1, 0.15) is 6.04 Å². The van der Waals surface area contributed by atoms with Gasteiger partial charge in [0.05, 0.1) is 17.2 Å². The van der Waals surface area contributed by atoms with Crippen LogP contribution in [-0.2, 0) is 20.7 Å². The summed E-state index contributed by atoms with van der Waals surface area (Å²) in [6, 6.07) is 13.8. The molecule has 4 atom stereocenters. The van der Waals surface area contributed by atoms with Gasteiger partial charge in [0, 0.05) is 37.5 Å². The maximum Gasteiger partial charge on any atom is 0.410 e. The molecule has 1 saturated heterocycles. The second-order valence-electron chi connectivity index (χ2n) is 12.3. The Bertz CT molecular complexity index is 1190. The van der Waals surface area contributed by atoms with E-state index in [2.05, 4.69) is 15.6 Å². The minimum absolute atomic E-state index is 0.0527. The van der Waals surface area contributed by atoms with Crippen LogP contribution >= 0.6 is 11.8 Å². The predicted octanol–water partition coefficient (Wildman–Crippen LogP) is 4.06. The normalized spacial score (nSPS) is 18.8. The first-order valence-corrected chi connectivity index (χ1v) is 17.3. The van der Waals surface area contributed by atoms with Gasteiger partial charge >= 0.3 is 6.09 Å². The molecule has 0 unspecified atom stereocenters. The fourth-order valence-corrected chi connectivity index (χ4v) is 6.86. The number of aliphatic hydroxyl groups is 1. The van der Waals surface area contributed by atoms with Crippen LogP contribution in [0.15, 0.2) is 59.8 Å². The third-order valence-electron chi connectivity index (χ3n) is 8.75. The largest absolute Gasteiger partial charge is 0.436 e. The Labute approximate surface area is 271 Å². The van der Waals surface area contributed by atoms with Crippen molar-refractivity contribution < 1.29 is 24.2 Å². The summed E-state index contributed by atoms with van der Waals surface area (Å²) in [5.41, 5.74) is 6.82. The zero-order valence-corrected chi connectivity index (χ0v) is 27.1. The summed E-state index contributed by atoms with van der Waals surface area (Å²) in [6.45, 7) is 2.56. The summed E-state index contributed by atoms with van der Waals surface area (Å²) < 4.78 is 5.73. The lowest BCUT2D eigenvalue weighted by molar-refractivity contribution is -0.134. The maximum atomic E-state index is 13.5. The van der Waals surface area contributed by atoms with Gasteiger partial charge in [0.15, 0.2) is 6.10 Å². The number of benzene rings is 1. The highest BCUT2D eigenvalue weighted by atomic mass is 32.2. The zero-order valence-electron chi connectivity index (χ0n) is 26.3. The first kappa shape index (κ1) is 34.7. The molecule has 1 aromatic carbocycles. The number of ether oxygens (including phenoxy) is 1. The number of nitrogens with zero attached hydrogens (tertiary/aromatic N) is 2. The fraction of sp³-hybridized carbons (Fsp3) is 0.588. The highest BCUT2D eigenvalue weighted by Crippen LogP contribution is 2.29. The molecule has 2 aromatic rings. The third-order valence-corrected chi connectivity index (χ3v) is 9.73. The molecule has 2 heterocycles. The van der Waals surface area contributed by atoms with Gasteiger partial charge in [-0.1, -0.05) is 68.5 Å². The molecule has 4 rings (SSSR count). The molecule has 2 aliphatic rings. The van der Waals surface area contributed by atoms with Crippen molar-refractivity contribution in [1.82, 2.24) is 20.5 Å². The fourth-order valence-electron chi connectivity index (χ4n) is 5.99. The molecular weight excluding hydrogens is 590 g/mol. The van der Waals surface area contributed by atoms with E-state index in [1.807, 2.05) is 48.5 Å². The number of rotatable bonds is 14. The minimum Gasteiger partial charge on any atom is -0.436 e. The quantitative estimate of drug-likeness (QED) is 0.227. The predicted molar refractivity (Wildman–Crippen MR) is 176 cm³/mol. The van der Waals surface area contributed by atoms with Crippen LogP contribution in [0.1, 0.15) is 70.3 Å². The highest BCUT2D eigenvalue weighted by molar-refractivity contribution is 7.99. The van der Waals surface area contributed by atoms with E-state index in [-0.39, 0.29) is 18.4 Å². The van der Waals surface area contributed by atoms with Crippen LogP contribution in [-0.4, -0.2) is 82.1 Å². The first-order valence-electron chi connectivity index (χ1n) is 16.4. The Kier molecular flexibility index (Phi) is 14.0. The molecule has 1 aliphatic carbocycles. The van der Waals surface area contributed by atoms with E-state index < -0.39 is 36.3 Å². The van der Waals surface area contributed by atoms with Crippen LogP contribution in [0.2, 0.25) is 0 Å². The number of nitrogens with one attached hydrogen (secondary N) is 2. The smallest absolute Gasteiger partial charge is 0.410 e. The third kappa shape index (κ3) is 11.6. The van der Waals surface area contributed by atoms with E-state index in [0.29, 0.717) is 50.4 Å². The lowest BCUT2D eigenvalue weighted by atomic mass is 9.83. The SMILES string of the molecule is C[C@H](NC(=O)[C@H](Cc1ccccc1)OC(=O)N1CCC(N)CC1)C(=O)N[C@@H](CC1CCCCC1)[C@@H](O)CCSc1ccccn1. The van der Waals surface area contributed by atoms with Crippen molar-refractivity contribution in [3.05, 3.63) is 60.3 Å². The number of piperidine rings is 1. The Hall–Kier alpha value is -3.15. The molecule has 45 heavy (non-hydrogen) atoms. The van der Waals surface area contributed by atoms with E-state index in [9.17, 15) is 19.5 Å². The van der Waals surface area contributed by atoms with Crippen LogP contribution in [0.5, 0.6) is 0 Å². The number of carbonyl (C=O) groups excluding carboxylic acids is 3. The van der Waals surface area contributed by atoms with E-state index in [4.69, 9.17) is 10.5 Å². The Morgan fingerprint density at radius 1 is 1.00 bits per heavy atom. The number of carbonyl (C=O) groups is 3. The van der Waals surface area contributed by atoms with E-state index in [1.165, 1.54) is 6.42 Å². The van der Waals surface area contributed by atoms with Crippen LogP contribution in [0, 0.1) is 5.92 Å². The van der Waals surface area contributed by atoms with Gasteiger partial charge < -0.3 is 31.1 Å². The lowest BCUT2D eigenvalue weighted by Crippen LogP contribution is -2.54. The molecule has 5 N–H and O–H groups in total. The molecule has 11 heteroatoms. The summed E-state index contributed by atoms with van der Waals surface area (Å²) in [7, 11) is 0. The average molecular weight is 640 g/mol.